The zero-order valence-electron chi connectivity index (χ0n) is 12.4. The Morgan fingerprint density at radius 1 is 1.33 bits per heavy atom. The second kappa shape index (κ2) is 5.93. The molecule has 114 valence electrons. The average Bonchev–Trinajstić information content (AvgIpc) is 2.86. The van der Waals surface area contributed by atoms with Crippen LogP contribution in [0, 0.1) is 11.7 Å². The number of nitrogens with zero attached hydrogens (tertiary/aromatic N) is 2. The van der Waals surface area contributed by atoms with E-state index in [1.165, 1.54) is 12.1 Å². The van der Waals surface area contributed by atoms with E-state index >= 15 is 0 Å². The standard InChI is InChI=1S/C16H20ClFN2O/c1-10(17)16-19-14-9-13(18)3-4-15(14)20(16)11(2)12-5-7-21-8-6-12/h3-4,9-12H,5-8H2,1-2H3. The molecular formula is C16H20ClFN2O. The van der Waals surface area contributed by atoms with Gasteiger partial charge >= 0.3 is 0 Å². The maximum absolute atomic E-state index is 13.4. The Hall–Kier alpha value is -1.13. The van der Waals surface area contributed by atoms with Crippen LogP contribution in [0.3, 0.4) is 0 Å². The van der Waals surface area contributed by atoms with E-state index in [2.05, 4.69) is 16.5 Å². The monoisotopic (exact) mass is 310 g/mol. The van der Waals surface area contributed by atoms with Crippen LogP contribution in [0.5, 0.6) is 0 Å². The van der Waals surface area contributed by atoms with Crippen LogP contribution in [0.1, 0.15) is 43.9 Å². The first-order chi connectivity index (χ1) is 10.1. The lowest BCUT2D eigenvalue weighted by atomic mass is 9.92. The summed E-state index contributed by atoms with van der Waals surface area (Å²) in [7, 11) is 0. The summed E-state index contributed by atoms with van der Waals surface area (Å²) in [5, 5.41) is -0.206. The summed E-state index contributed by atoms with van der Waals surface area (Å²) in [5.41, 5.74) is 1.63. The topological polar surface area (TPSA) is 27.1 Å². The highest BCUT2D eigenvalue weighted by molar-refractivity contribution is 6.20. The minimum atomic E-state index is -0.264. The Morgan fingerprint density at radius 2 is 2.05 bits per heavy atom. The van der Waals surface area contributed by atoms with E-state index in [4.69, 9.17) is 16.3 Å². The van der Waals surface area contributed by atoms with E-state index in [0.717, 1.165) is 37.4 Å². The number of hydrogen-bond acceptors (Lipinski definition) is 2. The molecule has 21 heavy (non-hydrogen) atoms. The van der Waals surface area contributed by atoms with Crippen LogP contribution >= 0.6 is 11.6 Å². The summed E-state index contributed by atoms with van der Waals surface area (Å²) in [6.07, 6.45) is 2.08. The number of halogens is 2. The molecule has 0 spiro atoms. The largest absolute Gasteiger partial charge is 0.381 e. The number of aromatic nitrogens is 2. The molecule has 0 radical (unpaired) electrons. The Bertz CT molecular complexity index is 634. The number of imidazole rings is 1. The van der Waals surface area contributed by atoms with Crippen molar-refractivity contribution in [2.24, 2.45) is 5.92 Å². The van der Waals surface area contributed by atoms with Crippen molar-refractivity contribution in [1.29, 1.82) is 0 Å². The van der Waals surface area contributed by atoms with Gasteiger partial charge in [-0.05, 0) is 44.7 Å². The summed E-state index contributed by atoms with van der Waals surface area (Å²) in [5.74, 6) is 1.09. The van der Waals surface area contributed by atoms with E-state index in [1.807, 2.05) is 6.92 Å². The molecule has 1 aliphatic heterocycles. The molecule has 3 rings (SSSR count). The minimum Gasteiger partial charge on any atom is -0.381 e. The van der Waals surface area contributed by atoms with Crippen molar-refractivity contribution in [2.45, 2.75) is 38.1 Å². The van der Waals surface area contributed by atoms with Gasteiger partial charge in [0.1, 0.15) is 11.6 Å². The van der Waals surface area contributed by atoms with Crippen molar-refractivity contribution in [3.05, 3.63) is 29.8 Å². The molecule has 0 saturated carbocycles. The highest BCUT2D eigenvalue weighted by Gasteiger charge is 2.26. The van der Waals surface area contributed by atoms with Crippen molar-refractivity contribution in [1.82, 2.24) is 9.55 Å². The van der Waals surface area contributed by atoms with Gasteiger partial charge in [0.2, 0.25) is 0 Å². The molecule has 5 heteroatoms. The zero-order valence-corrected chi connectivity index (χ0v) is 13.1. The molecule has 0 amide bonds. The molecule has 1 aliphatic rings. The molecule has 1 aromatic heterocycles. The van der Waals surface area contributed by atoms with Gasteiger partial charge in [-0.1, -0.05) is 0 Å². The molecule has 2 unspecified atom stereocenters. The molecule has 0 N–H and O–H groups in total. The lowest BCUT2D eigenvalue weighted by Gasteiger charge is -2.30. The summed E-state index contributed by atoms with van der Waals surface area (Å²) < 4.78 is 21.1. The number of alkyl halides is 1. The number of hydrogen-bond donors (Lipinski definition) is 0. The Morgan fingerprint density at radius 3 is 2.71 bits per heavy atom. The molecule has 3 nitrogen and oxygen atoms in total. The summed E-state index contributed by atoms with van der Waals surface area (Å²) >= 11 is 6.30. The quantitative estimate of drug-likeness (QED) is 0.782. The third kappa shape index (κ3) is 2.79. The maximum atomic E-state index is 13.4. The van der Waals surface area contributed by atoms with Crippen molar-refractivity contribution in [2.75, 3.05) is 13.2 Å². The highest BCUT2D eigenvalue weighted by atomic mass is 35.5. The fraction of sp³-hybridized carbons (Fsp3) is 0.562. The molecule has 0 aliphatic carbocycles. The number of ether oxygens (including phenoxy) is 1. The van der Waals surface area contributed by atoms with Gasteiger partial charge in [-0.2, -0.15) is 0 Å². The first kappa shape index (κ1) is 14.8. The van der Waals surface area contributed by atoms with Gasteiger partial charge in [-0.15, -0.1) is 11.6 Å². The molecule has 0 bridgehead atoms. The molecule has 1 saturated heterocycles. The van der Waals surface area contributed by atoms with Gasteiger partial charge < -0.3 is 9.30 Å². The number of rotatable bonds is 3. The first-order valence-electron chi connectivity index (χ1n) is 7.47. The van der Waals surface area contributed by atoms with Crippen LogP contribution in [0.2, 0.25) is 0 Å². The van der Waals surface area contributed by atoms with Crippen molar-refractivity contribution >= 4 is 22.6 Å². The van der Waals surface area contributed by atoms with Crippen molar-refractivity contribution in [3.63, 3.8) is 0 Å². The van der Waals surface area contributed by atoms with Gasteiger partial charge in [0.15, 0.2) is 0 Å². The van der Waals surface area contributed by atoms with Crippen LogP contribution in [0.25, 0.3) is 11.0 Å². The fourth-order valence-electron chi connectivity index (χ4n) is 3.21. The highest BCUT2D eigenvalue weighted by Crippen LogP contribution is 2.34. The van der Waals surface area contributed by atoms with Crippen LogP contribution in [-0.2, 0) is 4.74 Å². The lowest BCUT2D eigenvalue weighted by Crippen LogP contribution is -2.25. The zero-order chi connectivity index (χ0) is 15.0. The van der Waals surface area contributed by atoms with Crippen LogP contribution in [0.4, 0.5) is 4.39 Å². The average molecular weight is 311 g/mol. The fourth-order valence-corrected chi connectivity index (χ4v) is 3.36. The molecular weight excluding hydrogens is 291 g/mol. The Balaban J connectivity index is 2.07. The maximum Gasteiger partial charge on any atom is 0.127 e. The second-order valence-corrected chi connectivity index (χ2v) is 6.43. The normalized spacial score (nSPS) is 19.8. The van der Waals surface area contributed by atoms with Crippen LogP contribution in [0.15, 0.2) is 18.2 Å². The van der Waals surface area contributed by atoms with Gasteiger partial charge in [-0.25, -0.2) is 9.37 Å². The summed E-state index contributed by atoms with van der Waals surface area (Å²) in [6, 6.07) is 5.04. The lowest BCUT2D eigenvalue weighted by molar-refractivity contribution is 0.0515. The number of fused-ring (bicyclic) bond motifs is 1. The second-order valence-electron chi connectivity index (χ2n) is 5.78. The van der Waals surface area contributed by atoms with Crippen molar-refractivity contribution in [3.8, 4) is 0 Å². The van der Waals surface area contributed by atoms with Gasteiger partial charge in [0, 0.05) is 25.3 Å². The van der Waals surface area contributed by atoms with E-state index in [1.54, 1.807) is 6.07 Å². The van der Waals surface area contributed by atoms with Crippen molar-refractivity contribution < 1.29 is 9.13 Å². The van der Waals surface area contributed by atoms with E-state index in [-0.39, 0.29) is 17.2 Å². The third-order valence-corrected chi connectivity index (χ3v) is 4.59. The molecule has 2 atom stereocenters. The smallest absolute Gasteiger partial charge is 0.127 e. The van der Waals surface area contributed by atoms with Gasteiger partial charge in [-0.3, -0.25) is 0 Å². The predicted octanol–water partition coefficient (Wildman–Crippen LogP) is 4.46. The van der Waals surface area contributed by atoms with E-state index in [9.17, 15) is 4.39 Å². The summed E-state index contributed by atoms with van der Waals surface area (Å²) in [6.45, 7) is 5.72. The molecule has 1 fully saturated rings. The first-order valence-corrected chi connectivity index (χ1v) is 7.90. The van der Waals surface area contributed by atoms with Gasteiger partial charge in [0.05, 0.1) is 16.4 Å². The van der Waals surface area contributed by atoms with Crippen LogP contribution in [-0.4, -0.2) is 22.8 Å². The Labute approximate surface area is 129 Å². The predicted molar refractivity (Wildman–Crippen MR) is 82.2 cm³/mol. The Kier molecular flexibility index (Phi) is 4.18. The van der Waals surface area contributed by atoms with Crippen LogP contribution < -0.4 is 0 Å². The molecule has 1 aromatic carbocycles. The third-order valence-electron chi connectivity index (χ3n) is 4.39. The van der Waals surface area contributed by atoms with Gasteiger partial charge in [0.25, 0.3) is 0 Å². The SMILES string of the molecule is CC(Cl)c1nc2cc(F)ccc2n1C(C)C1CCOCC1. The van der Waals surface area contributed by atoms with E-state index < -0.39 is 0 Å². The molecule has 2 aromatic rings. The number of benzene rings is 1. The minimum absolute atomic E-state index is 0.206. The summed E-state index contributed by atoms with van der Waals surface area (Å²) in [4.78, 5) is 4.55. The molecule has 2 heterocycles. The van der Waals surface area contributed by atoms with E-state index in [0.29, 0.717) is 11.4 Å².